The van der Waals surface area contributed by atoms with Crippen LogP contribution in [0, 0.1) is 5.92 Å². The molecule has 3 nitrogen and oxygen atoms in total. The zero-order chi connectivity index (χ0) is 14.0. The minimum atomic E-state index is -2.79. The first-order valence-corrected chi connectivity index (χ1v) is 6.51. The van der Waals surface area contributed by atoms with Gasteiger partial charge in [0.1, 0.15) is 5.75 Å². The maximum Gasteiger partial charge on any atom is 0.387 e. The van der Waals surface area contributed by atoms with E-state index in [1.54, 1.807) is 18.2 Å². The lowest BCUT2D eigenvalue weighted by Crippen LogP contribution is -2.29. The second-order valence-electron chi connectivity index (χ2n) is 5.22. The average molecular weight is 270 g/mol. The largest absolute Gasteiger partial charge is 0.435 e. The molecule has 0 bridgehead atoms. The molecule has 3 atom stereocenters. The summed E-state index contributed by atoms with van der Waals surface area (Å²) in [5, 5.41) is 0. The zero-order valence-electron chi connectivity index (χ0n) is 11.2. The molecule has 0 aromatic heterocycles. The van der Waals surface area contributed by atoms with E-state index in [1.807, 2.05) is 6.07 Å². The molecule has 5 heteroatoms. The van der Waals surface area contributed by atoms with E-state index in [0.29, 0.717) is 5.92 Å². The first kappa shape index (κ1) is 14.2. The van der Waals surface area contributed by atoms with Crippen LogP contribution in [0.25, 0.3) is 0 Å². The maximum absolute atomic E-state index is 12.2. The topological polar surface area (TPSA) is 38.5 Å². The van der Waals surface area contributed by atoms with Crippen LogP contribution in [0.2, 0.25) is 0 Å². The predicted molar refractivity (Wildman–Crippen MR) is 70.2 cm³/mol. The summed E-state index contributed by atoms with van der Waals surface area (Å²) in [6, 6.07) is 7.21. The molecule has 1 heterocycles. The molecule has 1 fully saturated rings. The van der Waals surface area contributed by atoms with Gasteiger partial charge in [-0.2, -0.15) is 8.78 Å². The number of benzene rings is 1. The highest BCUT2D eigenvalue weighted by atomic mass is 19.3. The molecule has 0 spiro atoms. The Morgan fingerprint density at radius 2 is 2.11 bits per heavy atom. The van der Waals surface area contributed by atoms with Crippen LogP contribution in [0.15, 0.2) is 24.3 Å². The van der Waals surface area contributed by atoms with Gasteiger partial charge in [-0.15, -0.1) is 0 Å². The molecule has 2 rings (SSSR count). The van der Waals surface area contributed by atoms with E-state index in [9.17, 15) is 8.78 Å². The molecule has 0 aliphatic carbocycles. The molecular weight excluding hydrogens is 250 g/mol. The molecular formula is C14H20F2N2O. The van der Waals surface area contributed by atoms with Crippen LogP contribution in [-0.4, -0.2) is 30.6 Å². The van der Waals surface area contributed by atoms with Crippen LogP contribution < -0.4 is 10.5 Å². The number of ether oxygens (including phenoxy) is 1. The van der Waals surface area contributed by atoms with E-state index >= 15 is 0 Å². The normalized spacial score (nSPS) is 25.8. The van der Waals surface area contributed by atoms with Crippen molar-refractivity contribution >= 4 is 0 Å². The molecule has 3 unspecified atom stereocenters. The van der Waals surface area contributed by atoms with E-state index in [2.05, 4.69) is 23.5 Å². The number of likely N-dealkylation sites (tertiary alicyclic amines) is 1. The summed E-state index contributed by atoms with van der Waals surface area (Å²) in [6.07, 6.45) is 0. The molecule has 0 saturated carbocycles. The minimum absolute atomic E-state index is 0.150. The van der Waals surface area contributed by atoms with Gasteiger partial charge in [-0.25, -0.2) is 0 Å². The second kappa shape index (κ2) is 5.84. The Morgan fingerprint density at radius 3 is 2.68 bits per heavy atom. The Kier molecular flexibility index (Phi) is 4.37. The Labute approximate surface area is 112 Å². The van der Waals surface area contributed by atoms with Crippen molar-refractivity contribution in [2.75, 3.05) is 13.1 Å². The van der Waals surface area contributed by atoms with Crippen molar-refractivity contribution in [2.45, 2.75) is 32.5 Å². The predicted octanol–water partition coefficient (Wildman–Crippen LogP) is 2.63. The fraction of sp³-hybridized carbons (Fsp3) is 0.571. The lowest BCUT2D eigenvalue weighted by atomic mass is 10.1. The van der Waals surface area contributed by atoms with Gasteiger partial charge in [0, 0.05) is 25.2 Å². The quantitative estimate of drug-likeness (QED) is 0.914. The summed E-state index contributed by atoms with van der Waals surface area (Å²) in [5.41, 5.74) is 6.99. The number of rotatable bonds is 4. The van der Waals surface area contributed by atoms with E-state index in [1.165, 1.54) is 0 Å². The Bertz CT molecular complexity index is 418. The van der Waals surface area contributed by atoms with Crippen molar-refractivity contribution in [1.29, 1.82) is 0 Å². The van der Waals surface area contributed by atoms with Crippen molar-refractivity contribution in [1.82, 2.24) is 4.90 Å². The van der Waals surface area contributed by atoms with Crippen LogP contribution >= 0.6 is 0 Å². The average Bonchev–Trinajstić information content (AvgIpc) is 2.68. The zero-order valence-corrected chi connectivity index (χ0v) is 11.2. The van der Waals surface area contributed by atoms with E-state index < -0.39 is 6.61 Å². The summed E-state index contributed by atoms with van der Waals surface area (Å²) in [4.78, 5) is 2.27. The van der Waals surface area contributed by atoms with Crippen molar-refractivity contribution in [3.63, 3.8) is 0 Å². The first-order valence-electron chi connectivity index (χ1n) is 6.51. The number of alkyl halides is 2. The molecule has 1 aromatic rings. The number of nitrogens with two attached hydrogens (primary N) is 1. The van der Waals surface area contributed by atoms with Gasteiger partial charge in [0.25, 0.3) is 0 Å². The monoisotopic (exact) mass is 270 g/mol. The van der Waals surface area contributed by atoms with Crippen molar-refractivity contribution < 1.29 is 13.5 Å². The number of hydrogen-bond donors (Lipinski definition) is 1. The van der Waals surface area contributed by atoms with Gasteiger partial charge < -0.3 is 10.5 Å². The Morgan fingerprint density at radius 1 is 1.37 bits per heavy atom. The van der Waals surface area contributed by atoms with Crippen LogP contribution in [0.1, 0.15) is 25.5 Å². The Hall–Kier alpha value is -1.20. The summed E-state index contributed by atoms with van der Waals surface area (Å²) in [6.45, 7) is 3.18. The lowest BCUT2D eigenvalue weighted by molar-refractivity contribution is -0.0499. The molecule has 2 N–H and O–H groups in total. The van der Waals surface area contributed by atoms with Crippen LogP contribution in [0.5, 0.6) is 5.75 Å². The highest BCUT2D eigenvalue weighted by Gasteiger charge is 2.30. The van der Waals surface area contributed by atoms with Crippen LogP contribution in [0.4, 0.5) is 8.78 Å². The molecule has 106 valence electrons. The van der Waals surface area contributed by atoms with Gasteiger partial charge in [0.15, 0.2) is 0 Å². The first-order chi connectivity index (χ1) is 8.97. The second-order valence-corrected chi connectivity index (χ2v) is 5.22. The maximum atomic E-state index is 12.2. The summed E-state index contributed by atoms with van der Waals surface area (Å²) < 4.78 is 28.8. The highest BCUT2D eigenvalue weighted by Crippen LogP contribution is 2.28. The molecule has 1 aliphatic heterocycles. The van der Waals surface area contributed by atoms with Crippen molar-refractivity contribution in [3.8, 4) is 5.75 Å². The molecule has 0 radical (unpaired) electrons. The van der Waals surface area contributed by atoms with Crippen LogP contribution in [0.3, 0.4) is 0 Å². The van der Waals surface area contributed by atoms with E-state index in [0.717, 1.165) is 18.7 Å². The smallest absolute Gasteiger partial charge is 0.387 e. The fourth-order valence-electron chi connectivity index (χ4n) is 2.51. The van der Waals surface area contributed by atoms with Crippen molar-refractivity contribution in [2.24, 2.45) is 11.7 Å². The van der Waals surface area contributed by atoms with Gasteiger partial charge in [0.05, 0.1) is 0 Å². The number of hydrogen-bond acceptors (Lipinski definition) is 3. The molecule has 1 aliphatic rings. The molecule has 1 saturated heterocycles. The van der Waals surface area contributed by atoms with Gasteiger partial charge in [-0.05, 0) is 30.5 Å². The fourth-order valence-corrected chi connectivity index (χ4v) is 2.51. The standard InChI is InChI=1S/C14H20F2N2O/c1-9-7-18(8-13(9)17)10(2)11-4-3-5-12(6-11)19-14(15)16/h3-6,9-10,13-14H,7-8,17H2,1-2H3. The lowest BCUT2D eigenvalue weighted by Gasteiger charge is -2.25. The number of halogens is 2. The van der Waals surface area contributed by atoms with E-state index in [-0.39, 0.29) is 17.8 Å². The summed E-state index contributed by atoms with van der Waals surface area (Å²) >= 11 is 0. The molecule has 19 heavy (non-hydrogen) atoms. The third kappa shape index (κ3) is 3.42. The minimum Gasteiger partial charge on any atom is -0.435 e. The van der Waals surface area contributed by atoms with Crippen molar-refractivity contribution in [3.05, 3.63) is 29.8 Å². The third-order valence-electron chi connectivity index (χ3n) is 3.81. The number of nitrogens with zero attached hydrogens (tertiary/aromatic N) is 1. The van der Waals surface area contributed by atoms with Crippen LogP contribution in [-0.2, 0) is 0 Å². The van der Waals surface area contributed by atoms with Gasteiger partial charge in [0.2, 0.25) is 0 Å². The SMILES string of the molecule is CC1CN(C(C)c2cccc(OC(F)F)c2)CC1N. The highest BCUT2D eigenvalue weighted by molar-refractivity contribution is 5.30. The van der Waals surface area contributed by atoms with E-state index in [4.69, 9.17) is 5.73 Å². The Balaban J connectivity index is 2.09. The molecule has 1 aromatic carbocycles. The molecule has 0 amide bonds. The van der Waals surface area contributed by atoms with Gasteiger partial charge in [-0.1, -0.05) is 19.1 Å². The third-order valence-corrected chi connectivity index (χ3v) is 3.81. The summed E-state index contributed by atoms with van der Waals surface area (Å²) in [5.74, 6) is 0.666. The summed E-state index contributed by atoms with van der Waals surface area (Å²) in [7, 11) is 0. The van der Waals surface area contributed by atoms with Gasteiger partial charge in [-0.3, -0.25) is 4.90 Å². The van der Waals surface area contributed by atoms with Gasteiger partial charge >= 0.3 is 6.61 Å².